The average Bonchev–Trinajstić information content (AvgIpc) is 3.17. The molecular weight excluding hydrogens is 625 g/mol. The first-order chi connectivity index (χ1) is 18.9. The van der Waals surface area contributed by atoms with Crippen LogP contribution in [0, 0.1) is 11.3 Å². The SMILES string of the molecule is CC(=O)CCc1ccc(OC(C)=O)cc1.N#Cc1nn(-c2c(Cl)cc(C(F)(F)F)cc2Cl)c(N)c1S(=O)C(F)(F)F. The molecule has 17 heteroatoms. The van der Waals surface area contributed by atoms with Gasteiger partial charge in [-0.05, 0) is 43.2 Å². The van der Waals surface area contributed by atoms with Crippen molar-refractivity contribution in [1.29, 1.82) is 5.26 Å². The summed E-state index contributed by atoms with van der Waals surface area (Å²) in [5.41, 5.74) is -1.35. The van der Waals surface area contributed by atoms with E-state index in [0.717, 1.165) is 12.0 Å². The molecule has 0 saturated carbocycles. The molecule has 2 N–H and O–H groups in total. The van der Waals surface area contributed by atoms with Gasteiger partial charge in [0.15, 0.2) is 16.5 Å². The lowest BCUT2D eigenvalue weighted by molar-refractivity contribution is -0.137. The van der Waals surface area contributed by atoms with Crippen molar-refractivity contribution in [3.63, 3.8) is 0 Å². The van der Waals surface area contributed by atoms with Crippen LogP contribution in [-0.2, 0) is 33.0 Å². The molecule has 0 saturated heterocycles. The van der Waals surface area contributed by atoms with Gasteiger partial charge in [-0.3, -0.25) is 4.79 Å². The zero-order chi connectivity index (χ0) is 31.3. The number of ketones is 1. The summed E-state index contributed by atoms with van der Waals surface area (Å²) in [6.45, 7) is 2.94. The van der Waals surface area contributed by atoms with Crippen LogP contribution in [-0.4, -0.2) is 31.3 Å². The lowest BCUT2D eigenvalue weighted by Gasteiger charge is -2.13. The molecule has 0 bridgehead atoms. The Morgan fingerprint density at radius 2 is 1.61 bits per heavy atom. The Balaban J connectivity index is 0.000000333. The van der Waals surface area contributed by atoms with Crippen molar-refractivity contribution in [2.75, 3.05) is 5.73 Å². The van der Waals surface area contributed by atoms with Crippen LogP contribution >= 0.6 is 23.2 Å². The zero-order valence-electron chi connectivity index (χ0n) is 20.9. The van der Waals surface area contributed by atoms with Crippen molar-refractivity contribution in [3.8, 4) is 17.5 Å². The van der Waals surface area contributed by atoms with Crippen LogP contribution in [0.4, 0.5) is 32.2 Å². The number of hydrogen-bond acceptors (Lipinski definition) is 7. The van der Waals surface area contributed by atoms with Crippen LogP contribution in [0.2, 0.25) is 10.0 Å². The molecular formula is C24H18Cl2F6N4O4S. The van der Waals surface area contributed by atoms with Crippen molar-refractivity contribution >= 4 is 51.6 Å². The van der Waals surface area contributed by atoms with E-state index >= 15 is 0 Å². The van der Waals surface area contributed by atoms with Crippen LogP contribution in [0.15, 0.2) is 41.3 Å². The molecule has 3 rings (SSSR count). The molecule has 2 aromatic carbocycles. The van der Waals surface area contributed by atoms with Crippen molar-refractivity contribution in [1.82, 2.24) is 9.78 Å². The van der Waals surface area contributed by atoms with Gasteiger partial charge < -0.3 is 15.3 Å². The molecule has 1 unspecified atom stereocenters. The molecule has 3 aromatic rings. The molecule has 8 nitrogen and oxygen atoms in total. The van der Waals surface area contributed by atoms with Gasteiger partial charge in [-0.25, -0.2) is 8.89 Å². The van der Waals surface area contributed by atoms with Gasteiger partial charge in [0.1, 0.15) is 34.0 Å². The number of carbonyl (C=O) groups excluding carboxylic acids is 2. The number of Topliss-reactive ketones (excluding diaryl/α,β-unsaturated/α-hetero) is 1. The number of rotatable bonds is 6. The van der Waals surface area contributed by atoms with Crippen LogP contribution in [0.25, 0.3) is 5.69 Å². The van der Waals surface area contributed by atoms with Gasteiger partial charge >= 0.3 is 17.7 Å². The standard InChI is InChI=1S/C12H4Cl2F6N4OS.C12H14O3/c13-5-1-4(11(15,16)17)2-6(14)8(5)24-10(22)9(7(3-21)23-24)26(25)12(18,19)20;1-9(13)3-4-11-5-7-12(8-6-11)15-10(2)14/h1-2H,22H2;5-8H,3-4H2,1-2H3. The number of nitrogens with two attached hydrogens (primary N) is 1. The van der Waals surface area contributed by atoms with E-state index < -0.39 is 60.2 Å². The number of benzene rings is 2. The number of aromatic nitrogens is 2. The monoisotopic (exact) mass is 642 g/mol. The minimum absolute atomic E-state index is 0.180. The van der Waals surface area contributed by atoms with Crippen LogP contribution in [0.1, 0.15) is 37.1 Å². The third-order valence-electron chi connectivity index (χ3n) is 4.88. The molecule has 0 amide bonds. The van der Waals surface area contributed by atoms with Crippen molar-refractivity contribution in [2.45, 2.75) is 43.3 Å². The van der Waals surface area contributed by atoms with Crippen LogP contribution in [0.3, 0.4) is 0 Å². The molecule has 0 radical (unpaired) electrons. The molecule has 0 fully saturated rings. The van der Waals surface area contributed by atoms with E-state index in [1.54, 1.807) is 19.1 Å². The lowest BCUT2D eigenvalue weighted by Crippen LogP contribution is -2.18. The maximum absolute atomic E-state index is 12.7. The Hall–Kier alpha value is -3.61. The van der Waals surface area contributed by atoms with E-state index in [9.17, 15) is 40.1 Å². The van der Waals surface area contributed by atoms with Gasteiger partial charge in [-0.15, -0.1) is 0 Å². The maximum atomic E-state index is 12.7. The highest BCUT2D eigenvalue weighted by molar-refractivity contribution is 7.86. The number of nitrogen functional groups attached to an aromatic ring is 1. The third kappa shape index (κ3) is 8.94. The first-order valence-electron chi connectivity index (χ1n) is 11.0. The number of nitrogens with zero attached hydrogens (tertiary/aromatic N) is 3. The van der Waals surface area contributed by atoms with Crippen molar-refractivity contribution in [3.05, 3.63) is 63.3 Å². The number of aryl methyl sites for hydroxylation is 1. The summed E-state index contributed by atoms with van der Waals surface area (Å²) in [7, 11) is -3.71. The van der Waals surface area contributed by atoms with Crippen molar-refractivity contribution < 1.29 is 44.9 Å². The van der Waals surface area contributed by atoms with Crippen molar-refractivity contribution in [2.24, 2.45) is 0 Å². The van der Waals surface area contributed by atoms with Gasteiger partial charge in [0.25, 0.3) is 0 Å². The zero-order valence-corrected chi connectivity index (χ0v) is 23.2. The fourth-order valence-electron chi connectivity index (χ4n) is 3.10. The molecule has 1 aromatic heterocycles. The number of halogens is 8. The van der Waals surface area contributed by atoms with Gasteiger partial charge in [-0.2, -0.15) is 36.7 Å². The van der Waals surface area contributed by atoms with E-state index in [0.29, 0.717) is 29.0 Å². The first kappa shape index (κ1) is 33.6. The minimum Gasteiger partial charge on any atom is -0.427 e. The minimum atomic E-state index is -5.25. The molecule has 0 spiro atoms. The van der Waals surface area contributed by atoms with E-state index in [2.05, 4.69) is 5.10 Å². The summed E-state index contributed by atoms with van der Waals surface area (Å²) in [5, 5.41) is 11.1. The molecule has 1 heterocycles. The highest BCUT2D eigenvalue weighted by atomic mass is 35.5. The topological polar surface area (TPSA) is 128 Å². The summed E-state index contributed by atoms with van der Waals surface area (Å²) in [5.74, 6) is -0.514. The summed E-state index contributed by atoms with van der Waals surface area (Å²) in [6.07, 6.45) is -3.51. The van der Waals surface area contributed by atoms with E-state index in [4.69, 9.17) is 38.9 Å². The quantitative estimate of drug-likeness (QED) is 0.187. The van der Waals surface area contributed by atoms with Gasteiger partial charge in [0.05, 0.1) is 15.6 Å². The number of alkyl halides is 6. The molecule has 0 aliphatic heterocycles. The normalized spacial score (nSPS) is 12.1. The van der Waals surface area contributed by atoms with E-state index in [1.165, 1.54) is 13.0 Å². The first-order valence-corrected chi connectivity index (χ1v) is 12.9. The number of carbonyl (C=O) groups is 2. The van der Waals surface area contributed by atoms with Gasteiger partial charge in [-0.1, -0.05) is 35.3 Å². The number of hydrogen-bond donors (Lipinski definition) is 1. The second-order valence-electron chi connectivity index (χ2n) is 8.03. The molecule has 1 atom stereocenters. The number of anilines is 1. The highest BCUT2D eigenvalue weighted by Gasteiger charge is 2.42. The predicted octanol–water partition coefficient (Wildman–Crippen LogP) is 6.41. The smallest absolute Gasteiger partial charge is 0.427 e. The molecule has 0 aliphatic rings. The van der Waals surface area contributed by atoms with E-state index in [1.807, 2.05) is 12.1 Å². The second-order valence-corrected chi connectivity index (χ2v) is 10.2. The summed E-state index contributed by atoms with van der Waals surface area (Å²) in [6, 6.07) is 9.38. The van der Waals surface area contributed by atoms with E-state index in [-0.39, 0.29) is 11.8 Å². The Morgan fingerprint density at radius 1 is 1.07 bits per heavy atom. The molecule has 0 aliphatic carbocycles. The van der Waals surface area contributed by atoms with Crippen LogP contribution < -0.4 is 10.5 Å². The average molecular weight is 643 g/mol. The fraction of sp³-hybridized carbons (Fsp3) is 0.250. The number of ether oxygens (including phenoxy) is 1. The third-order valence-corrected chi connectivity index (χ3v) is 6.65. The predicted molar refractivity (Wildman–Crippen MR) is 137 cm³/mol. The Labute approximate surface area is 241 Å². The number of nitriles is 1. The maximum Gasteiger partial charge on any atom is 0.476 e. The lowest BCUT2D eigenvalue weighted by atomic mass is 10.1. The summed E-state index contributed by atoms with van der Waals surface area (Å²) < 4.78 is 93.2. The largest absolute Gasteiger partial charge is 0.476 e. The Morgan fingerprint density at radius 3 is 2.02 bits per heavy atom. The Bertz CT molecular complexity index is 1490. The molecule has 41 heavy (non-hydrogen) atoms. The Kier molecular flexibility index (Phi) is 11.0. The summed E-state index contributed by atoms with van der Waals surface area (Å²) >= 11 is 11.5. The summed E-state index contributed by atoms with van der Waals surface area (Å²) in [4.78, 5) is 20.3. The van der Waals surface area contributed by atoms with Crippen LogP contribution in [0.5, 0.6) is 5.75 Å². The van der Waals surface area contributed by atoms with Gasteiger partial charge in [0, 0.05) is 13.3 Å². The fourth-order valence-corrected chi connectivity index (χ4v) is 4.52. The highest BCUT2D eigenvalue weighted by Crippen LogP contribution is 2.40. The van der Waals surface area contributed by atoms with Gasteiger partial charge in [0.2, 0.25) is 0 Å². The number of esters is 1. The molecule has 220 valence electrons. The second kappa shape index (κ2) is 13.4.